The number of carbonyl (C=O) groups excluding carboxylic acids is 2. The number of carbonyl (C=O) groups is 2. The van der Waals surface area contributed by atoms with Crippen molar-refractivity contribution in [2.24, 2.45) is 5.92 Å². The number of hydrogen-bond donors (Lipinski definition) is 1. The fraction of sp³-hybridized carbons (Fsp3) is 0.400. The van der Waals surface area contributed by atoms with Gasteiger partial charge in [0.15, 0.2) is 0 Å². The molecule has 0 spiro atoms. The molecule has 0 saturated carbocycles. The van der Waals surface area contributed by atoms with Crippen molar-refractivity contribution in [3.05, 3.63) is 87.1 Å². The lowest BCUT2D eigenvalue weighted by molar-refractivity contribution is -0.141. The highest BCUT2D eigenvalue weighted by Crippen LogP contribution is 2.30. The van der Waals surface area contributed by atoms with Crippen molar-refractivity contribution >= 4 is 11.9 Å². The fourth-order valence-corrected chi connectivity index (χ4v) is 4.61. The van der Waals surface area contributed by atoms with Crippen molar-refractivity contribution in [1.29, 1.82) is 0 Å². The molecule has 3 rings (SSSR count). The van der Waals surface area contributed by atoms with Crippen LogP contribution in [0.2, 0.25) is 0 Å². The summed E-state index contributed by atoms with van der Waals surface area (Å²) >= 11 is 0. The van der Waals surface area contributed by atoms with Crippen LogP contribution >= 0.6 is 0 Å². The van der Waals surface area contributed by atoms with Crippen LogP contribution in [0.15, 0.2) is 53.7 Å². The zero-order chi connectivity index (χ0) is 27.3. The number of aromatic nitrogens is 2. The van der Waals surface area contributed by atoms with Crippen molar-refractivity contribution in [1.82, 2.24) is 14.9 Å². The third-order valence-electron chi connectivity index (χ3n) is 6.73. The molecule has 0 aliphatic heterocycles. The Morgan fingerprint density at radius 2 is 1.68 bits per heavy atom. The molecule has 2 atom stereocenters. The van der Waals surface area contributed by atoms with Crippen LogP contribution in [0.3, 0.4) is 0 Å². The van der Waals surface area contributed by atoms with Crippen molar-refractivity contribution in [2.45, 2.75) is 66.5 Å². The Kier molecular flexibility index (Phi) is 9.03. The molecule has 196 valence electrons. The van der Waals surface area contributed by atoms with E-state index in [1.165, 1.54) is 11.7 Å². The molecule has 0 bridgehead atoms. The molecule has 0 radical (unpaired) electrons. The summed E-state index contributed by atoms with van der Waals surface area (Å²) in [5, 5.41) is 3.03. The Hall–Kier alpha value is -3.74. The zero-order valence-corrected chi connectivity index (χ0v) is 22.8. The van der Waals surface area contributed by atoms with Gasteiger partial charge in [-0.25, -0.2) is 0 Å². The third kappa shape index (κ3) is 6.73. The molecule has 0 aliphatic carbocycles. The summed E-state index contributed by atoms with van der Waals surface area (Å²) in [5.74, 6) is -0.616. The molecule has 37 heavy (non-hydrogen) atoms. The molecular formula is C30H37N3O4. The van der Waals surface area contributed by atoms with Gasteiger partial charge in [0, 0.05) is 30.2 Å². The smallest absolute Gasteiger partial charge is 0.307 e. The standard InChI is InChI=1S/C30H37N3O4/c1-18(2)11-26(33-17-22(6)21(5)12-27(33)34)30(36)32-25(14-28(35)37-7)23-13-24(16-31-15-23)29-19(3)9-8-10-20(29)4/h8-10,12-13,15-18,25-26H,11,14H2,1-7H3,(H,32,36)/t25-,26?/m1/s1. The summed E-state index contributed by atoms with van der Waals surface area (Å²) < 4.78 is 6.43. The van der Waals surface area contributed by atoms with Gasteiger partial charge in [-0.2, -0.15) is 0 Å². The Bertz CT molecular complexity index is 1320. The lowest BCUT2D eigenvalue weighted by atomic mass is 9.94. The summed E-state index contributed by atoms with van der Waals surface area (Å²) in [6.07, 6.45) is 5.59. The van der Waals surface area contributed by atoms with Crippen LogP contribution in [0, 0.1) is 33.6 Å². The number of methoxy groups -OCH3 is 1. The number of ether oxygens (including phenoxy) is 1. The largest absolute Gasteiger partial charge is 0.469 e. The van der Waals surface area contributed by atoms with Crippen LogP contribution < -0.4 is 10.9 Å². The maximum atomic E-state index is 13.7. The number of pyridine rings is 2. The molecule has 0 fully saturated rings. The third-order valence-corrected chi connectivity index (χ3v) is 6.73. The Morgan fingerprint density at radius 3 is 2.30 bits per heavy atom. The van der Waals surface area contributed by atoms with Gasteiger partial charge in [-0.1, -0.05) is 32.0 Å². The number of benzene rings is 1. The molecule has 0 aliphatic rings. The predicted molar refractivity (Wildman–Crippen MR) is 145 cm³/mol. The normalized spacial score (nSPS) is 12.8. The fourth-order valence-electron chi connectivity index (χ4n) is 4.61. The first-order valence-electron chi connectivity index (χ1n) is 12.6. The second-order valence-electron chi connectivity index (χ2n) is 10.1. The molecule has 7 heteroatoms. The Balaban J connectivity index is 2.02. The first-order chi connectivity index (χ1) is 17.5. The first-order valence-corrected chi connectivity index (χ1v) is 12.6. The average Bonchev–Trinajstić information content (AvgIpc) is 2.84. The van der Waals surface area contributed by atoms with Crippen LogP contribution in [0.1, 0.15) is 66.6 Å². The van der Waals surface area contributed by atoms with Gasteiger partial charge < -0.3 is 14.6 Å². The number of nitrogens with one attached hydrogen (secondary N) is 1. The average molecular weight is 504 g/mol. The highest BCUT2D eigenvalue weighted by atomic mass is 16.5. The van der Waals surface area contributed by atoms with Crippen LogP contribution in [0.25, 0.3) is 11.1 Å². The summed E-state index contributed by atoms with van der Waals surface area (Å²) in [6.45, 7) is 11.9. The second kappa shape index (κ2) is 12.0. The van der Waals surface area contributed by atoms with Gasteiger partial charge >= 0.3 is 5.97 Å². The monoisotopic (exact) mass is 503 g/mol. The molecule has 1 amide bonds. The number of nitrogens with zero attached hydrogens (tertiary/aromatic N) is 2. The van der Waals surface area contributed by atoms with E-state index < -0.39 is 18.1 Å². The van der Waals surface area contributed by atoms with E-state index in [4.69, 9.17) is 4.74 Å². The van der Waals surface area contributed by atoms with E-state index >= 15 is 0 Å². The number of rotatable bonds is 9. The van der Waals surface area contributed by atoms with E-state index in [9.17, 15) is 14.4 Å². The molecule has 7 nitrogen and oxygen atoms in total. The van der Waals surface area contributed by atoms with Gasteiger partial charge in [0.05, 0.1) is 19.6 Å². The molecule has 0 saturated heterocycles. The number of esters is 1. The first kappa shape index (κ1) is 27.8. The SMILES string of the molecule is COC(=O)C[C@@H](NC(=O)C(CC(C)C)n1cc(C)c(C)cc1=O)c1cncc(-c2c(C)cccc2C)c1. The summed E-state index contributed by atoms with van der Waals surface area (Å²) in [6, 6.07) is 8.21. The summed E-state index contributed by atoms with van der Waals surface area (Å²) in [5.41, 5.74) is 6.46. The molecule has 3 aromatic rings. The van der Waals surface area contributed by atoms with Crippen molar-refractivity contribution in [2.75, 3.05) is 7.11 Å². The van der Waals surface area contributed by atoms with E-state index in [0.29, 0.717) is 12.0 Å². The van der Waals surface area contributed by atoms with Gasteiger partial charge in [0.1, 0.15) is 6.04 Å². The van der Waals surface area contributed by atoms with Crippen LogP contribution in [-0.2, 0) is 14.3 Å². The van der Waals surface area contributed by atoms with Crippen LogP contribution in [0.5, 0.6) is 0 Å². The quantitative estimate of drug-likeness (QED) is 0.408. The van der Waals surface area contributed by atoms with Crippen molar-refractivity contribution in [3.8, 4) is 11.1 Å². The number of amides is 1. The molecule has 1 aromatic carbocycles. The maximum Gasteiger partial charge on any atom is 0.307 e. The molecule has 1 N–H and O–H groups in total. The predicted octanol–water partition coefficient (Wildman–Crippen LogP) is 5.15. The van der Waals surface area contributed by atoms with Gasteiger partial charge in [-0.15, -0.1) is 0 Å². The van der Waals surface area contributed by atoms with Crippen molar-refractivity contribution < 1.29 is 14.3 Å². The van der Waals surface area contributed by atoms with E-state index in [1.807, 2.05) is 65.8 Å². The van der Waals surface area contributed by atoms with Crippen LogP contribution in [-0.4, -0.2) is 28.5 Å². The maximum absolute atomic E-state index is 13.7. The van der Waals surface area contributed by atoms with E-state index in [2.05, 4.69) is 10.3 Å². The van der Waals surface area contributed by atoms with Crippen molar-refractivity contribution in [3.63, 3.8) is 0 Å². The second-order valence-corrected chi connectivity index (χ2v) is 10.1. The summed E-state index contributed by atoms with van der Waals surface area (Å²) in [7, 11) is 1.32. The summed E-state index contributed by atoms with van der Waals surface area (Å²) in [4.78, 5) is 43.3. The van der Waals surface area contributed by atoms with E-state index in [0.717, 1.165) is 33.4 Å². The zero-order valence-electron chi connectivity index (χ0n) is 22.8. The van der Waals surface area contributed by atoms with Gasteiger partial charge in [0.2, 0.25) is 5.91 Å². The highest BCUT2D eigenvalue weighted by molar-refractivity contribution is 5.82. The van der Waals surface area contributed by atoms with Gasteiger partial charge in [-0.05, 0) is 79.5 Å². The molecule has 2 aromatic heterocycles. The Morgan fingerprint density at radius 1 is 1.00 bits per heavy atom. The highest BCUT2D eigenvalue weighted by Gasteiger charge is 2.27. The van der Waals surface area contributed by atoms with E-state index in [1.54, 1.807) is 24.7 Å². The lowest BCUT2D eigenvalue weighted by Crippen LogP contribution is -2.40. The van der Waals surface area contributed by atoms with Gasteiger partial charge in [-0.3, -0.25) is 19.4 Å². The van der Waals surface area contributed by atoms with Gasteiger partial charge in [0.25, 0.3) is 5.56 Å². The molecule has 1 unspecified atom stereocenters. The minimum absolute atomic E-state index is 0.0592. The van der Waals surface area contributed by atoms with Crippen LogP contribution in [0.4, 0.5) is 0 Å². The topological polar surface area (TPSA) is 90.3 Å². The minimum atomic E-state index is -0.721. The minimum Gasteiger partial charge on any atom is -0.469 e. The molecule has 2 heterocycles. The Labute approximate surface area is 218 Å². The molecular weight excluding hydrogens is 466 g/mol. The number of hydrogen-bond acceptors (Lipinski definition) is 5. The lowest BCUT2D eigenvalue weighted by Gasteiger charge is -2.26. The number of aryl methyl sites for hydroxylation is 4. The van der Waals surface area contributed by atoms with E-state index in [-0.39, 0.29) is 23.8 Å².